The number of hydrogen-bond donors (Lipinski definition) is 0. The molecule has 0 amide bonds. The Morgan fingerprint density at radius 2 is 0.662 bits per heavy atom. The fraction of sp³-hybridized carbons (Fsp3) is 0.746. The van der Waals surface area contributed by atoms with Crippen molar-refractivity contribution < 1.29 is 23.8 Å². The van der Waals surface area contributed by atoms with E-state index in [-0.39, 0.29) is 25.2 Å². The van der Waals surface area contributed by atoms with Gasteiger partial charge < -0.3 is 14.2 Å². The van der Waals surface area contributed by atoms with Crippen LogP contribution < -0.4 is 0 Å². The molecule has 0 heterocycles. The van der Waals surface area contributed by atoms with Crippen molar-refractivity contribution in [1.82, 2.24) is 0 Å². The molecule has 0 fully saturated rings. The number of ether oxygens (including phenoxy) is 3. The van der Waals surface area contributed by atoms with Crippen molar-refractivity contribution in [1.29, 1.82) is 0 Å². The summed E-state index contributed by atoms with van der Waals surface area (Å²) in [5, 5.41) is 0. The first kappa shape index (κ1) is 65.1. The minimum Gasteiger partial charge on any atom is -0.462 e. The van der Waals surface area contributed by atoms with Gasteiger partial charge in [-0.15, -0.1) is 0 Å². The zero-order valence-corrected chi connectivity index (χ0v) is 45.1. The van der Waals surface area contributed by atoms with E-state index in [0.717, 1.165) is 83.5 Å². The molecule has 0 aliphatic rings. The molecule has 0 aromatic carbocycles. The molecule has 0 bridgehead atoms. The average Bonchev–Trinajstić information content (AvgIpc) is 3.34. The molecule has 0 spiro atoms. The summed E-state index contributed by atoms with van der Waals surface area (Å²) in [6.07, 6.45) is 77.6. The summed E-state index contributed by atoms with van der Waals surface area (Å²) in [5.41, 5.74) is 0. The Bertz CT molecular complexity index is 1250. The lowest BCUT2D eigenvalue weighted by atomic mass is 10.0. The first-order valence-corrected chi connectivity index (χ1v) is 29.1. The monoisotopic (exact) mass is 947 g/mol. The van der Waals surface area contributed by atoms with E-state index in [4.69, 9.17) is 14.2 Å². The number of carbonyl (C=O) groups excluding carboxylic acids is 2. The minimum absolute atomic E-state index is 0.0595. The number of esters is 2. The molecule has 0 aliphatic heterocycles. The van der Waals surface area contributed by atoms with Gasteiger partial charge in [-0.25, -0.2) is 0 Å². The Kier molecular flexibility index (Phi) is 55.9. The maximum absolute atomic E-state index is 12.9. The van der Waals surface area contributed by atoms with Gasteiger partial charge in [-0.2, -0.15) is 0 Å². The molecule has 0 N–H and O–H groups in total. The summed E-state index contributed by atoms with van der Waals surface area (Å²) in [6, 6.07) is 0. The van der Waals surface area contributed by atoms with Gasteiger partial charge in [0.15, 0.2) is 6.10 Å². The van der Waals surface area contributed by atoms with Gasteiger partial charge in [0.2, 0.25) is 0 Å². The van der Waals surface area contributed by atoms with Crippen molar-refractivity contribution in [2.24, 2.45) is 0 Å². The average molecular weight is 948 g/mol. The van der Waals surface area contributed by atoms with Crippen LogP contribution in [0.25, 0.3) is 0 Å². The molecule has 0 aromatic rings. The van der Waals surface area contributed by atoms with Crippen molar-refractivity contribution in [3.05, 3.63) is 85.1 Å². The molecule has 0 saturated carbocycles. The standard InChI is InChI=1S/C63H110O5/c1-4-7-10-13-16-19-22-25-28-30-31-32-34-37-40-43-46-49-52-55-58-66-59-61(68-63(65)57-54-51-48-45-42-39-35-27-24-21-18-15-12-9-6-3)60-67-62(64)56-53-50-47-44-41-38-36-33-29-26-23-20-17-14-11-8-5-2/h7,10,16,19,25-26,28-29,31-32,37,40,46,49,61H,4-6,8-9,11-15,17-18,20-24,27,30,33-36,38-39,41-45,47-48,50-60H2,1-3H3/b10-7-,19-16-,28-25-,29-26-,32-31-,40-37-,49-46-. The molecule has 0 radical (unpaired) electrons. The zero-order chi connectivity index (χ0) is 49.2. The van der Waals surface area contributed by atoms with Crippen molar-refractivity contribution in [2.75, 3.05) is 19.8 Å². The lowest BCUT2D eigenvalue weighted by molar-refractivity contribution is -0.163. The van der Waals surface area contributed by atoms with Gasteiger partial charge >= 0.3 is 11.9 Å². The third-order valence-electron chi connectivity index (χ3n) is 12.4. The Morgan fingerprint density at radius 1 is 0.338 bits per heavy atom. The summed E-state index contributed by atoms with van der Waals surface area (Å²) in [7, 11) is 0. The van der Waals surface area contributed by atoms with E-state index in [1.807, 2.05) is 0 Å². The second kappa shape index (κ2) is 58.4. The molecule has 5 nitrogen and oxygen atoms in total. The highest BCUT2D eigenvalue weighted by atomic mass is 16.6. The van der Waals surface area contributed by atoms with E-state index in [0.29, 0.717) is 19.4 Å². The minimum atomic E-state index is -0.570. The molecule has 68 heavy (non-hydrogen) atoms. The number of rotatable bonds is 53. The third kappa shape index (κ3) is 55.7. The van der Waals surface area contributed by atoms with Crippen LogP contribution in [0, 0.1) is 0 Å². The third-order valence-corrected chi connectivity index (χ3v) is 12.4. The largest absolute Gasteiger partial charge is 0.462 e. The van der Waals surface area contributed by atoms with Crippen LogP contribution in [0.3, 0.4) is 0 Å². The Balaban J connectivity index is 4.37. The van der Waals surface area contributed by atoms with Gasteiger partial charge in [0.1, 0.15) is 6.61 Å². The summed E-state index contributed by atoms with van der Waals surface area (Å²) >= 11 is 0. The van der Waals surface area contributed by atoms with E-state index in [1.54, 1.807) is 0 Å². The van der Waals surface area contributed by atoms with Crippen LogP contribution in [0.2, 0.25) is 0 Å². The SMILES string of the molecule is CC/C=C\C/C=C\C/C=C\C/C=C\C/C=C\C/C=C\CCCOCC(COC(=O)CCCCCCCCC/C=C\CCCCCCCC)OC(=O)CCCCCCCCCCCCCCCCC. The second-order valence-electron chi connectivity index (χ2n) is 19.2. The molecule has 5 heteroatoms. The topological polar surface area (TPSA) is 61.8 Å². The van der Waals surface area contributed by atoms with E-state index in [2.05, 4.69) is 106 Å². The van der Waals surface area contributed by atoms with Crippen molar-refractivity contribution in [3.63, 3.8) is 0 Å². The van der Waals surface area contributed by atoms with Gasteiger partial charge in [0.05, 0.1) is 6.61 Å². The summed E-state index contributed by atoms with van der Waals surface area (Å²) in [6.45, 7) is 7.59. The smallest absolute Gasteiger partial charge is 0.306 e. The van der Waals surface area contributed by atoms with Gasteiger partial charge in [-0.05, 0) is 89.9 Å². The van der Waals surface area contributed by atoms with Crippen molar-refractivity contribution in [2.45, 2.75) is 284 Å². The van der Waals surface area contributed by atoms with Gasteiger partial charge in [-0.3, -0.25) is 9.59 Å². The number of hydrogen-bond acceptors (Lipinski definition) is 5. The molecular formula is C63H110O5. The molecule has 0 aliphatic carbocycles. The predicted octanol–water partition coefficient (Wildman–Crippen LogP) is 20.0. The van der Waals surface area contributed by atoms with Crippen LogP contribution in [0.15, 0.2) is 85.1 Å². The van der Waals surface area contributed by atoms with E-state index in [1.165, 1.54) is 161 Å². The van der Waals surface area contributed by atoms with Crippen LogP contribution in [-0.4, -0.2) is 37.9 Å². The first-order valence-electron chi connectivity index (χ1n) is 29.1. The van der Waals surface area contributed by atoms with Crippen molar-refractivity contribution in [3.8, 4) is 0 Å². The summed E-state index contributed by atoms with van der Waals surface area (Å²) in [5.74, 6) is -0.426. The summed E-state index contributed by atoms with van der Waals surface area (Å²) in [4.78, 5) is 25.5. The summed E-state index contributed by atoms with van der Waals surface area (Å²) < 4.78 is 17.4. The van der Waals surface area contributed by atoms with Crippen LogP contribution in [0.1, 0.15) is 278 Å². The van der Waals surface area contributed by atoms with Gasteiger partial charge in [-0.1, -0.05) is 260 Å². The van der Waals surface area contributed by atoms with Gasteiger partial charge in [0.25, 0.3) is 0 Å². The van der Waals surface area contributed by atoms with Crippen LogP contribution in [-0.2, 0) is 23.8 Å². The molecule has 1 unspecified atom stereocenters. The Morgan fingerprint density at radius 3 is 1.07 bits per heavy atom. The van der Waals surface area contributed by atoms with Crippen LogP contribution >= 0.6 is 0 Å². The first-order chi connectivity index (χ1) is 33.6. The number of unbranched alkanes of at least 4 members (excludes halogenated alkanes) is 28. The fourth-order valence-corrected chi connectivity index (χ4v) is 8.11. The quantitative estimate of drug-likeness (QED) is 0.0345. The normalized spacial score (nSPS) is 12.8. The molecule has 392 valence electrons. The van der Waals surface area contributed by atoms with Gasteiger partial charge in [0, 0.05) is 19.4 Å². The molecule has 1 atom stereocenters. The van der Waals surface area contributed by atoms with Crippen molar-refractivity contribution >= 4 is 11.9 Å². The molecule has 0 aromatic heterocycles. The highest BCUT2D eigenvalue weighted by molar-refractivity contribution is 5.70. The van der Waals surface area contributed by atoms with Crippen LogP contribution in [0.4, 0.5) is 0 Å². The van der Waals surface area contributed by atoms with E-state index < -0.39 is 6.10 Å². The molecule has 0 saturated heterocycles. The highest BCUT2D eigenvalue weighted by Crippen LogP contribution is 2.16. The Labute approximate surface area is 422 Å². The lowest BCUT2D eigenvalue weighted by Crippen LogP contribution is -2.30. The lowest BCUT2D eigenvalue weighted by Gasteiger charge is -2.18. The number of allylic oxidation sites excluding steroid dienone is 14. The number of carbonyl (C=O) groups is 2. The fourth-order valence-electron chi connectivity index (χ4n) is 8.11. The zero-order valence-electron chi connectivity index (χ0n) is 45.1. The molecular weight excluding hydrogens is 837 g/mol. The van der Waals surface area contributed by atoms with E-state index >= 15 is 0 Å². The maximum Gasteiger partial charge on any atom is 0.306 e. The highest BCUT2D eigenvalue weighted by Gasteiger charge is 2.17. The second-order valence-corrected chi connectivity index (χ2v) is 19.2. The maximum atomic E-state index is 12.9. The predicted molar refractivity (Wildman–Crippen MR) is 297 cm³/mol. The van der Waals surface area contributed by atoms with Crippen LogP contribution in [0.5, 0.6) is 0 Å². The molecule has 0 rings (SSSR count). The van der Waals surface area contributed by atoms with E-state index in [9.17, 15) is 9.59 Å². The Hall–Kier alpha value is -2.92.